The minimum absolute atomic E-state index is 0.197. The number of hydrogen-bond donors (Lipinski definition) is 0. The smallest absolute Gasteiger partial charge is 0.321 e. The van der Waals surface area contributed by atoms with E-state index in [2.05, 4.69) is 0 Å². The number of piperidine rings is 1. The highest BCUT2D eigenvalue weighted by atomic mass is 35.5. The number of likely N-dealkylation sites (tertiary alicyclic amines) is 1. The Morgan fingerprint density at radius 2 is 1.68 bits per heavy atom. The molecule has 37 heavy (non-hydrogen) atoms. The maximum absolute atomic E-state index is 14.2. The number of rotatable bonds is 7. The van der Waals surface area contributed by atoms with E-state index in [9.17, 15) is 9.59 Å². The molecule has 1 aliphatic rings. The summed E-state index contributed by atoms with van der Waals surface area (Å²) >= 11 is 12.6. The van der Waals surface area contributed by atoms with Crippen molar-refractivity contribution in [2.45, 2.75) is 31.8 Å². The molecule has 3 atom stereocenters. The van der Waals surface area contributed by atoms with Crippen LogP contribution in [0, 0.1) is 5.41 Å². The van der Waals surface area contributed by atoms with Crippen molar-refractivity contribution in [3.05, 3.63) is 93.5 Å². The zero-order valence-corrected chi connectivity index (χ0v) is 22.7. The van der Waals surface area contributed by atoms with Crippen molar-refractivity contribution >= 4 is 35.1 Å². The Balaban J connectivity index is 1.91. The molecule has 1 heterocycles. The van der Waals surface area contributed by atoms with E-state index < -0.39 is 17.4 Å². The van der Waals surface area contributed by atoms with Crippen LogP contribution < -0.4 is 9.47 Å². The largest absolute Gasteiger partial charge is 0.497 e. The Morgan fingerprint density at radius 1 is 0.946 bits per heavy atom. The average molecular weight is 542 g/mol. The number of nitrogens with zero attached hydrogens (tertiary/aromatic N) is 1. The third kappa shape index (κ3) is 5.27. The van der Waals surface area contributed by atoms with E-state index in [-0.39, 0.29) is 24.8 Å². The van der Waals surface area contributed by atoms with Gasteiger partial charge >= 0.3 is 5.97 Å². The number of carbonyl (C=O) groups excluding carboxylic acids is 2. The number of esters is 1. The van der Waals surface area contributed by atoms with Crippen LogP contribution in [0.3, 0.4) is 0 Å². The summed E-state index contributed by atoms with van der Waals surface area (Å²) in [4.78, 5) is 29.0. The lowest BCUT2D eigenvalue weighted by Crippen LogP contribution is -2.54. The van der Waals surface area contributed by atoms with Crippen LogP contribution in [0.25, 0.3) is 0 Å². The Kier molecular flexibility index (Phi) is 8.00. The topological polar surface area (TPSA) is 65.1 Å². The Morgan fingerprint density at radius 3 is 2.30 bits per heavy atom. The molecule has 0 N–H and O–H groups in total. The van der Waals surface area contributed by atoms with Crippen LogP contribution in [-0.2, 0) is 20.9 Å². The van der Waals surface area contributed by atoms with E-state index in [0.29, 0.717) is 21.5 Å². The SMILES string of the molecule is COC(=O)C1(C)CC(c2cccc(Cl)c2)C(c2ccc(Cl)cc2)N(Cc2ccc(OC)cc2OC)C1=O. The van der Waals surface area contributed by atoms with E-state index >= 15 is 0 Å². The second-order valence-corrected chi connectivity index (χ2v) is 10.2. The summed E-state index contributed by atoms with van der Waals surface area (Å²) in [5.74, 6) is 0.0508. The zero-order chi connectivity index (χ0) is 26.7. The summed E-state index contributed by atoms with van der Waals surface area (Å²) in [5.41, 5.74) is 1.18. The molecule has 0 aliphatic carbocycles. The monoisotopic (exact) mass is 541 g/mol. The Bertz CT molecular complexity index is 1300. The van der Waals surface area contributed by atoms with Gasteiger partial charge in [0.25, 0.3) is 0 Å². The Labute approximate surface area is 227 Å². The molecule has 1 aliphatic heterocycles. The van der Waals surface area contributed by atoms with Gasteiger partial charge in [0.2, 0.25) is 5.91 Å². The van der Waals surface area contributed by atoms with Crippen LogP contribution in [0.5, 0.6) is 11.5 Å². The molecule has 0 bridgehead atoms. The fraction of sp³-hybridized carbons (Fsp3) is 0.310. The normalized spacial score (nSPS) is 21.5. The van der Waals surface area contributed by atoms with Crippen molar-refractivity contribution in [1.82, 2.24) is 4.90 Å². The first-order chi connectivity index (χ1) is 17.7. The van der Waals surface area contributed by atoms with Crippen molar-refractivity contribution in [3.8, 4) is 11.5 Å². The second kappa shape index (κ2) is 11.0. The van der Waals surface area contributed by atoms with Gasteiger partial charge in [-0.15, -0.1) is 0 Å². The molecule has 3 aromatic rings. The lowest BCUT2D eigenvalue weighted by atomic mass is 9.68. The molecule has 8 heteroatoms. The highest BCUT2D eigenvalue weighted by Gasteiger charge is 2.54. The van der Waals surface area contributed by atoms with Gasteiger partial charge in [-0.05, 0) is 60.9 Å². The molecule has 4 rings (SSSR count). The molecular formula is C29H29Cl2NO5. The van der Waals surface area contributed by atoms with Gasteiger partial charge in [-0.25, -0.2) is 0 Å². The predicted molar refractivity (Wildman–Crippen MR) is 143 cm³/mol. The molecule has 1 saturated heterocycles. The minimum atomic E-state index is -1.40. The number of hydrogen-bond acceptors (Lipinski definition) is 5. The third-order valence-electron chi connectivity index (χ3n) is 7.04. The summed E-state index contributed by atoms with van der Waals surface area (Å²) in [6.45, 7) is 1.85. The molecule has 1 fully saturated rings. The summed E-state index contributed by atoms with van der Waals surface area (Å²) < 4.78 is 16.1. The molecule has 0 radical (unpaired) electrons. The molecule has 0 aromatic heterocycles. The lowest BCUT2D eigenvalue weighted by Gasteiger charge is -2.48. The quantitative estimate of drug-likeness (QED) is 0.254. The molecule has 3 aromatic carbocycles. The summed E-state index contributed by atoms with van der Waals surface area (Å²) in [7, 11) is 4.45. The van der Waals surface area contributed by atoms with E-state index in [4.69, 9.17) is 37.4 Å². The molecule has 194 valence electrons. The van der Waals surface area contributed by atoms with Gasteiger partial charge in [-0.1, -0.05) is 47.5 Å². The number of benzene rings is 3. The summed E-state index contributed by atoms with van der Waals surface area (Å²) in [6.07, 6.45) is 0.252. The number of ether oxygens (including phenoxy) is 3. The van der Waals surface area contributed by atoms with Crippen LogP contribution in [0.2, 0.25) is 10.0 Å². The number of halogens is 2. The number of amides is 1. The highest BCUT2D eigenvalue weighted by Crippen LogP contribution is 2.51. The van der Waals surface area contributed by atoms with Gasteiger partial charge in [0.15, 0.2) is 0 Å². The highest BCUT2D eigenvalue weighted by molar-refractivity contribution is 6.30. The van der Waals surface area contributed by atoms with E-state index in [1.165, 1.54) is 7.11 Å². The third-order valence-corrected chi connectivity index (χ3v) is 7.52. The van der Waals surface area contributed by atoms with Crippen molar-refractivity contribution in [2.24, 2.45) is 5.41 Å². The maximum atomic E-state index is 14.2. The lowest BCUT2D eigenvalue weighted by molar-refractivity contribution is -0.169. The number of methoxy groups -OCH3 is 3. The average Bonchev–Trinajstić information content (AvgIpc) is 2.91. The van der Waals surface area contributed by atoms with Gasteiger partial charge in [0.1, 0.15) is 16.9 Å². The first kappa shape index (κ1) is 26.8. The van der Waals surface area contributed by atoms with Gasteiger partial charge < -0.3 is 19.1 Å². The van der Waals surface area contributed by atoms with Crippen molar-refractivity contribution < 1.29 is 23.8 Å². The molecule has 1 amide bonds. The van der Waals surface area contributed by atoms with Gasteiger partial charge in [0, 0.05) is 34.1 Å². The molecule has 3 unspecified atom stereocenters. The molecular weight excluding hydrogens is 513 g/mol. The second-order valence-electron chi connectivity index (χ2n) is 9.30. The summed E-state index contributed by atoms with van der Waals surface area (Å²) in [6, 6.07) is 20.0. The van der Waals surface area contributed by atoms with Crippen LogP contribution in [0.4, 0.5) is 0 Å². The van der Waals surface area contributed by atoms with Crippen molar-refractivity contribution in [1.29, 1.82) is 0 Å². The van der Waals surface area contributed by atoms with Crippen molar-refractivity contribution in [3.63, 3.8) is 0 Å². The predicted octanol–water partition coefficient (Wildman–Crippen LogP) is 6.45. The summed E-state index contributed by atoms with van der Waals surface area (Å²) in [5, 5.41) is 1.17. The number of carbonyl (C=O) groups is 2. The first-order valence-corrected chi connectivity index (χ1v) is 12.6. The van der Waals surface area contributed by atoms with E-state index in [0.717, 1.165) is 16.7 Å². The molecule has 0 saturated carbocycles. The van der Waals surface area contributed by atoms with E-state index in [1.54, 1.807) is 50.3 Å². The van der Waals surface area contributed by atoms with E-state index in [1.807, 2.05) is 42.5 Å². The van der Waals surface area contributed by atoms with Crippen molar-refractivity contribution in [2.75, 3.05) is 21.3 Å². The van der Waals surface area contributed by atoms with Crippen LogP contribution in [-0.4, -0.2) is 38.1 Å². The standard InChI is InChI=1S/C29H29Cl2NO5/c1-29(28(34)37-4)16-24(19-6-5-7-22(31)14-19)26(18-8-11-21(30)12-9-18)32(27(29)33)17-20-10-13-23(35-2)15-25(20)36-3/h5-15,24,26H,16-17H2,1-4H3. The van der Waals surface area contributed by atoms with Gasteiger partial charge in [-0.2, -0.15) is 0 Å². The molecule has 6 nitrogen and oxygen atoms in total. The minimum Gasteiger partial charge on any atom is -0.497 e. The van der Waals surface area contributed by atoms with Crippen LogP contribution in [0.15, 0.2) is 66.7 Å². The fourth-order valence-corrected chi connectivity index (χ4v) is 5.47. The van der Waals surface area contributed by atoms with Crippen LogP contribution in [0.1, 0.15) is 42.0 Å². The van der Waals surface area contributed by atoms with Crippen LogP contribution >= 0.6 is 23.2 Å². The Hall–Kier alpha value is -3.22. The van der Waals surface area contributed by atoms with Gasteiger partial charge in [-0.3, -0.25) is 9.59 Å². The fourth-order valence-electron chi connectivity index (χ4n) is 5.14. The zero-order valence-electron chi connectivity index (χ0n) is 21.2. The molecule has 0 spiro atoms. The first-order valence-electron chi connectivity index (χ1n) is 11.8. The van der Waals surface area contributed by atoms with Gasteiger partial charge in [0.05, 0.1) is 27.4 Å². The maximum Gasteiger partial charge on any atom is 0.321 e.